The van der Waals surface area contributed by atoms with E-state index in [4.69, 9.17) is 33.3 Å². The summed E-state index contributed by atoms with van der Waals surface area (Å²) in [7, 11) is 0. The number of anilines is 1. The Morgan fingerprint density at radius 3 is 2.45 bits per heavy atom. The fraction of sp³-hybridized carbons (Fsp3) is 0.286. The summed E-state index contributed by atoms with van der Waals surface area (Å²) < 4.78 is 50.9. The molecule has 1 aliphatic heterocycles. The molecule has 5 nitrogen and oxygen atoms in total. The molecule has 1 atom stereocenters. The number of nitrogens with zero attached hydrogens (tertiary/aromatic N) is 1. The summed E-state index contributed by atoms with van der Waals surface area (Å²) in [5.41, 5.74) is 0.977. The van der Waals surface area contributed by atoms with Crippen molar-refractivity contribution in [2.24, 2.45) is 0 Å². The van der Waals surface area contributed by atoms with Gasteiger partial charge in [0, 0.05) is 29.1 Å². The summed E-state index contributed by atoms with van der Waals surface area (Å²) in [4.78, 5) is 14.4. The molecule has 1 amide bonds. The molecule has 0 spiro atoms. The Labute approximate surface area is 229 Å². The maximum absolute atomic E-state index is 12.8. The predicted octanol–water partition coefficient (Wildman–Crippen LogP) is 7.41. The lowest BCUT2D eigenvalue weighted by Gasteiger charge is -2.23. The van der Waals surface area contributed by atoms with Gasteiger partial charge in [0.25, 0.3) is 5.91 Å². The zero-order valence-corrected chi connectivity index (χ0v) is 22.1. The number of carbonyl (C=O) groups is 1. The summed E-state index contributed by atoms with van der Waals surface area (Å²) in [6, 6.07) is 16.7. The van der Waals surface area contributed by atoms with Gasteiger partial charge in [-0.25, -0.2) is 0 Å². The number of hydrogen-bond donors (Lipinski definition) is 1. The molecule has 3 aromatic rings. The van der Waals surface area contributed by atoms with Crippen LogP contribution in [0.1, 0.15) is 47.7 Å². The van der Waals surface area contributed by atoms with Crippen molar-refractivity contribution < 1.29 is 27.4 Å². The van der Waals surface area contributed by atoms with Crippen molar-refractivity contribution in [2.45, 2.75) is 45.1 Å². The molecule has 0 aliphatic carbocycles. The topological polar surface area (TPSA) is 50.8 Å². The van der Waals surface area contributed by atoms with Gasteiger partial charge in [-0.2, -0.15) is 13.2 Å². The minimum atomic E-state index is -4.47. The Kier molecular flexibility index (Phi) is 8.79. The van der Waals surface area contributed by atoms with Crippen LogP contribution in [0.5, 0.6) is 11.5 Å². The average molecular weight is 563 g/mol. The number of alkyl halides is 3. The maximum Gasteiger partial charge on any atom is 0.416 e. The van der Waals surface area contributed by atoms with E-state index in [1.54, 1.807) is 29.2 Å². The van der Waals surface area contributed by atoms with Gasteiger partial charge >= 0.3 is 6.18 Å². The highest BCUT2D eigenvalue weighted by molar-refractivity contribution is 7.80. The van der Waals surface area contributed by atoms with Crippen molar-refractivity contribution in [2.75, 3.05) is 11.4 Å². The van der Waals surface area contributed by atoms with Crippen molar-refractivity contribution in [1.82, 2.24) is 5.32 Å². The van der Waals surface area contributed by atoms with Crippen molar-refractivity contribution in [1.29, 1.82) is 0 Å². The van der Waals surface area contributed by atoms with Crippen molar-refractivity contribution in [3.05, 3.63) is 88.4 Å². The summed E-state index contributed by atoms with van der Waals surface area (Å²) >= 11 is 11.5. The maximum atomic E-state index is 12.8. The average Bonchev–Trinajstić information content (AvgIpc) is 3.33. The molecule has 0 radical (unpaired) electrons. The number of rotatable bonds is 8. The number of unbranched alkanes of at least 4 members (excludes halogenated alkanes) is 1. The Morgan fingerprint density at radius 2 is 1.79 bits per heavy atom. The normalized spacial score (nSPS) is 13.6. The van der Waals surface area contributed by atoms with E-state index in [1.807, 2.05) is 18.2 Å². The smallest absolute Gasteiger partial charge is 0.416 e. The first-order chi connectivity index (χ1) is 18.2. The summed E-state index contributed by atoms with van der Waals surface area (Å²) in [5, 5.41) is 3.40. The van der Waals surface area contributed by atoms with Crippen LogP contribution >= 0.6 is 23.8 Å². The van der Waals surface area contributed by atoms with Crippen LogP contribution in [0.2, 0.25) is 5.02 Å². The lowest BCUT2D eigenvalue weighted by molar-refractivity contribution is -0.137. The monoisotopic (exact) mass is 562 g/mol. The van der Waals surface area contributed by atoms with E-state index in [0.717, 1.165) is 48.4 Å². The number of nitrogens with one attached hydrogen (secondary N) is 1. The van der Waals surface area contributed by atoms with Gasteiger partial charge in [0.15, 0.2) is 5.11 Å². The van der Waals surface area contributed by atoms with Gasteiger partial charge in [0.05, 0.1) is 11.3 Å². The van der Waals surface area contributed by atoms with Crippen LogP contribution in [0.4, 0.5) is 18.9 Å². The van der Waals surface area contributed by atoms with Crippen LogP contribution < -0.4 is 19.7 Å². The number of halogens is 4. The van der Waals surface area contributed by atoms with Crippen molar-refractivity contribution >= 4 is 40.5 Å². The Balaban J connectivity index is 1.46. The molecule has 1 aliphatic rings. The molecule has 4 rings (SSSR count). The van der Waals surface area contributed by atoms with Crippen molar-refractivity contribution in [3.63, 3.8) is 0 Å². The summed E-state index contributed by atoms with van der Waals surface area (Å²) in [5.74, 6) is 0.731. The number of carbonyl (C=O) groups excluding carboxylic acids is 1. The van der Waals surface area contributed by atoms with Crippen LogP contribution in [-0.4, -0.2) is 23.9 Å². The predicted molar refractivity (Wildman–Crippen MR) is 145 cm³/mol. The molecule has 0 saturated carbocycles. The highest BCUT2D eigenvalue weighted by atomic mass is 35.5. The third kappa shape index (κ3) is 6.76. The van der Waals surface area contributed by atoms with Gasteiger partial charge in [-0.05, 0) is 85.7 Å². The first kappa shape index (κ1) is 27.7. The number of fused-ring (bicyclic) bond motifs is 1. The van der Waals surface area contributed by atoms with Gasteiger partial charge < -0.3 is 14.4 Å². The minimum absolute atomic E-state index is 0.0787. The zero-order chi connectivity index (χ0) is 27.3. The number of ether oxygens (including phenoxy) is 2. The molecule has 1 unspecified atom stereocenters. The molecule has 38 heavy (non-hydrogen) atoms. The molecule has 0 bridgehead atoms. The minimum Gasteiger partial charge on any atom is -0.455 e. The van der Waals surface area contributed by atoms with Crippen LogP contribution in [0, 0.1) is 0 Å². The molecule has 200 valence electrons. The van der Waals surface area contributed by atoms with Crippen LogP contribution in [0.25, 0.3) is 0 Å². The fourth-order valence-corrected chi connectivity index (χ4v) is 4.50. The highest BCUT2D eigenvalue weighted by Gasteiger charge is 2.31. The van der Waals surface area contributed by atoms with E-state index in [1.165, 1.54) is 0 Å². The van der Waals surface area contributed by atoms with E-state index < -0.39 is 23.9 Å². The number of benzene rings is 3. The zero-order valence-electron chi connectivity index (χ0n) is 20.6. The Morgan fingerprint density at radius 1 is 1.08 bits per heavy atom. The fourth-order valence-electron chi connectivity index (χ4n) is 4.09. The van der Waals surface area contributed by atoms with Gasteiger partial charge in [-0.15, -0.1) is 0 Å². The summed E-state index contributed by atoms with van der Waals surface area (Å²) in [6.07, 6.45) is -1.77. The second-order valence-corrected chi connectivity index (χ2v) is 9.57. The number of amides is 1. The largest absolute Gasteiger partial charge is 0.455 e. The van der Waals surface area contributed by atoms with Crippen molar-refractivity contribution in [3.8, 4) is 11.5 Å². The van der Waals surface area contributed by atoms with Crippen LogP contribution in [0.3, 0.4) is 0 Å². The highest BCUT2D eigenvalue weighted by Crippen LogP contribution is 2.36. The summed E-state index contributed by atoms with van der Waals surface area (Å²) in [6.45, 7) is 2.61. The molecular weight excluding hydrogens is 537 g/mol. The van der Waals surface area contributed by atoms with Gasteiger partial charge in [-0.3, -0.25) is 10.1 Å². The third-order valence-electron chi connectivity index (χ3n) is 6.06. The van der Waals surface area contributed by atoms with Gasteiger partial charge in [0.2, 0.25) is 6.29 Å². The molecule has 1 N–H and O–H groups in total. The molecule has 0 aromatic heterocycles. The second-order valence-electron chi connectivity index (χ2n) is 8.75. The number of thiocarbonyl (C=S) groups is 1. The standard InChI is InChI=1S/C28H26ClF3N2O3S/c1-2-3-7-25(36-21-14-12-20(29)13-15-21)37-24-6-4-5-23-22(24)16-17-34(23)27(38)33-26(35)18-8-10-19(11-9-18)28(30,31)32/h4-6,8-15,25H,2-3,7,16-17H2,1H3,(H,33,35,38). The van der Waals surface area contributed by atoms with Gasteiger partial charge in [-0.1, -0.05) is 31.0 Å². The molecule has 10 heteroatoms. The van der Waals surface area contributed by atoms with Gasteiger partial charge in [0.1, 0.15) is 11.5 Å². The molecule has 0 fully saturated rings. The van der Waals surface area contributed by atoms with E-state index in [2.05, 4.69) is 12.2 Å². The molecular formula is C28H26ClF3N2O3S. The first-order valence-electron chi connectivity index (χ1n) is 12.2. The van der Waals surface area contributed by atoms with E-state index in [-0.39, 0.29) is 10.7 Å². The first-order valence-corrected chi connectivity index (χ1v) is 12.9. The Hall–Kier alpha value is -3.30. The number of hydrogen-bond acceptors (Lipinski definition) is 4. The second kappa shape index (κ2) is 12.0. The third-order valence-corrected chi connectivity index (χ3v) is 6.63. The molecule has 0 saturated heterocycles. The quantitative estimate of drug-likeness (QED) is 0.229. The Bertz CT molecular complexity index is 1280. The lowest BCUT2D eigenvalue weighted by Crippen LogP contribution is -2.42. The lowest BCUT2D eigenvalue weighted by atomic mass is 10.1. The van der Waals surface area contributed by atoms with E-state index in [9.17, 15) is 18.0 Å². The molecule has 1 heterocycles. The van der Waals surface area contributed by atoms with Crippen LogP contribution in [0.15, 0.2) is 66.7 Å². The van der Waals surface area contributed by atoms with E-state index >= 15 is 0 Å². The van der Waals surface area contributed by atoms with Crippen LogP contribution in [-0.2, 0) is 12.6 Å². The SMILES string of the molecule is CCCCC(Oc1ccc(Cl)cc1)Oc1cccc2c1CCN2C(=S)NC(=O)c1ccc(C(F)(F)F)cc1. The van der Waals surface area contributed by atoms with E-state index in [0.29, 0.717) is 35.9 Å². The molecule has 3 aromatic carbocycles.